The van der Waals surface area contributed by atoms with Gasteiger partial charge in [0.1, 0.15) is 5.75 Å². The first-order valence-corrected chi connectivity index (χ1v) is 6.05. The van der Waals surface area contributed by atoms with Crippen LogP contribution in [0.5, 0.6) is 5.75 Å². The van der Waals surface area contributed by atoms with Crippen LogP contribution >= 0.6 is 0 Å². The van der Waals surface area contributed by atoms with Gasteiger partial charge < -0.3 is 15.0 Å². The first-order valence-electron chi connectivity index (χ1n) is 6.05. The highest BCUT2D eigenvalue weighted by Gasteiger charge is 2.13. The molecule has 0 bridgehead atoms. The van der Waals surface area contributed by atoms with Gasteiger partial charge in [0.25, 0.3) is 0 Å². The third kappa shape index (κ3) is 3.42. The summed E-state index contributed by atoms with van der Waals surface area (Å²) in [6.45, 7) is 3.64. The second kappa shape index (κ2) is 6.15. The Morgan fingerprint density at radius 1 is 1.53 bits per heavy atom. The molecule has 0 aliphatic heterocycles. The zero-order valence-electron chi connectivity index (χ0n) is 10.9. The van der Waals surface area contributed by atoms with Crippen molar-refractivity contribution in [3.63, 3.8) is 0 Å². The van der Waals surface area contributed by atoms with E-state index in [4.69, 9.17) is 15.0 Å². The Labute approximate surface area is 112 Å². The maximum Gasteiger partial charge on any atom is 0.243 e. The molecule has 0 aliphatic rings. The highest BCUT2D eigenvalue weighted by atomic mass is 16.5. The maximum atomic E-state index is 5.87. The van der Waals surface area contributed by atoms with Crippen molar-refractivity contribution in [2.45, 2.75) is 18.9 Å². The Hall–Kier alpha value is -2.14. The molecule has 19 heavy (non-hydrogen) atoms. The molecule has 0 radical (unpaired) electrons. The van der Waals surface area contributed by atoms with Crippen LogP contribution in [0, 0.1) is 0 Å². The van der Waals surface area contributed by atoms with Crippen molar-refractivity contribution in [2.75, 3.05) is 7.11 Å². The molecule has 5 nitrogen and oxygen atoms in total. The molecule has 5 heteroatoms. The zero-order chi connectivity index (χ0) is 13.7. The van der Waals surface area contributed by atoms with Crippen LogP contribution in [-0.4, -0.2) is 17.3 Å². The Morgan fingerprint density at radius 3 is 3.11 bits per heavy atom. The predicted octanol–water partition coefficient (Wildman–Crippen LogP) is 2.24. The van der Waals surface area contributed by atoms with Gasteiger partial charge in [-0.3, -0.25) is 0 Å². The van der Waals surface area contributed by atoms with E-state index in [2.05, 4.69) is 16.7 Å². The molecule has 1 unspecified atom stereocenters. The van der Waals surface area contributed by atoms with Gasteiger partial charge in [0, 0.05) is 6.42 Å². The lowest BCUT2D eigenvalue weighted by atomic mass is 10.1. The van der Waals surface area contributed by atoms with Crippen molar-refractivity contribution in [2.24, 2.45) is 5.73 Å². The fourth-order valence-electron chi connectivity index (χ4n) is 1.74. The van der Waals surface area contributed by atoms with Gasteiger partial charge in [0.2, 0.25) is 5.89 Å². The van der Waals surface area contributed by atoms with E-state index in [0.29, 0.717) is 24.6 Å². The number of methoxy groups -OCH3 is 1. The summed E-state index contributed by atoms with van der Waals surface area (Å²) in [6, 6.07) is 7.47. The fourth-order valence-corrected chi connectivity index (χ4v) is 1.74. The first-order chi connectivity index (χ1) is 9.22. The Morgan fingerprint density at radius 2 is 2.37 bits per heavy atom. The van der Waals surface area contributed by atoms with Crippen LogP contribution < -0.4 is 10.5 Å². The number of ether oxygens (including phenoxy) is 1. The lowest BCUT2D eigenvalue weighted by Gasteiger charge is -2.02. The molecular formula is C14H17N3O2. The normalized spacial score (nSPS) is 12.1. The average Bonchev–Trinajstić information content (AvgIpc) is 2.88. The second-order valence-electron chi connectivity index (χ2n) is 4.21. The molecule has 2 aromatic rings. The van der Waals surface area contributed by atoms with Gasteiger partial charge >= 0.3 is 0 Å². The van der Waals surface area contributed by atoms with Crippen molar-refractivity contribution >= 4 is 0 Å². The van der Waals surface area contributed by atoms with Gasteiger partial charge in [-0.2, -0.15) is 4.98 Å². The summed E-state index contributed by atoms with van der Waals surface area (Å²) in [5.41, 5.74) is 6.93. The second-order valence-corrected chi connectivity index (χ2v) is 4.21. The van der Waals surface area contributed by atoms with Crippen molar-refractivity contribution in [1.29, 1.82) is 0 Å². The average molecular weight is 259 g/mol. The highest BCUT2D eigenvalue weighted by Crippen LogP contribution is 2.17. The summed E-state index contributed by atoms with van der Waals surface area (Å²) in [7, 11) is 1.64. The third-order valence-corrected chi connectivity index (χ3v) is 2.72. The molecule has 100 valence electrons. The van der Waals surface area contributed by atoms with E-state index >= 15 is 0 Å². The van der Waals surface area contributed by atoms with Crippen LogP contribution in [0.1, 0.15) is 29.7 Å². The molecular weight excluding hydrogens is 242 g/mol. The molecule has 0 saturated carbocycles. The van der Waals surface area contributed by atoms with Gasteiger partial charge in [-0.15, -0.1) is 6.58 Å². The molecule has 1 heterocycles. The topological polar surface area (TPSA) is 74.2 Å². The van der Waals surface area contributed by atoms with Gasteiger partial charge in [0.15, 0.2) is 5.82 Å². The lowest BCUT2D eigenvalue weighted by molar-refractivity contribution is 0.352. The number of benzene rings is 1. The number of hydrogen-bond donors (Lipinski definition) is 1. The molecule has 1 aromatic heterocycles. The van der Waals surface area contributed by atoms with E-state index in [-0.39, 0.29) is 6.04 Å². The van der Waals surface area contributed by atoms with E-state index in [9.17, 15) is 0 Å². The van der Waals surface area contributed by atoms with Crippen LogP contribution in [0.15, 0.2) is 41.4 Å². The molecule has 0 spiro atoms. The smallest absolute Gasteiger partial charge is 0.243 e. The minimum absolute atomic E-state index is 0.288. The van der Waals surface area contributed by atoms with Gasteiger partial charge in [-0.25, -0.2) is 0 Å². The fraction of sp³-hybridized carbons (Fsp3) is 0.286. The Bertz CT molecular complexity index is 551. The Kier molecular flexibility index (Phi) is 4.30. The maximum absolute atomic E-state index is 5.87. The first kappa shape index (κ1) is 13.3. The molecule has 0 amide bonds. The molecule has 0 aliphatic carbocycles. The summed E-state index contributed by atoms with van der Waals surface area (Å²) in [4.78, 5) is 4.29. The van der Waals surface area contributed by atoms with E-state index in [1.54, 1.807) is 13.2 Å². The van der Waals surface area contributed by atoms with Gasteiger partial charge in [-0.05, 0) is 24.1 Å². The minimum atomic E-state index is -0.288. The lowest BCUT2D eigenvalue weighted by Crippen LogP contribution is -2.09. The largest absolute Gasteiger partial charge is 0.497 e. The van der Waals surface area contributed by atoms with Gasteiger partial charge in [0.05, 0.1) is 13.2 Å². The molecule has 1 atom stereocenters. The van der Waals surface area contributed by atoms with E-state index < -0.39 is 0 Å². The van der Waals surface area contributed by atoms with Crippen molar-refractivity contribution in [1.82, 2.24) is 10.1 Å². The molecule has 2 rings (SSSR count). The summed E-state index contributed by atoms with van der Waals surface area (Å²) in [5.74, 6) is 1.87. The molecule has 1 aromatic carbocycles. The summed E-state index contributed by atoms with van der Waals surface area (Å²) in [5, 5.41) is 3.93. The number of hydrogen-bond acceptors (Lipinski definition) is 5. The zero-order valence-corrected chi connectivity index (χ0v) is 10.9. The third-order valence-electron chi connectivity index (χ3n) is 2.72. The molecule has 2 N–H and O–H groups in total. The van der Waals surface area contributed by atoms with Crippen LogP contribution in [0.4, 0.5) is 0 Å². The monoisotopic (exact) mass is 259 g/mol. The molecule has 0 fully saturated rings. The number of rotatable bonds is 6. The van der Waals surface area contributed by atoms with Crippen molar-refractivity contribution in [3.05, 3.63) is 54.2 Å². The molecule has 0 saturated heterocycles. The van der Waals surface area contributed by atoms with Crippen LogP contribution in [0.25, 0.3) is 0 Å². The van der Waals surface area contributed by atoms with E-state index in [1.807, 2.05) is 24.3 Å². The Balaban J connectivity index is 2.08. The van der Waals surface area contributed by atoms with Crippen LogP contribution in [0.2, 0.25) is 0 Å². The number of nitrogens with zero attached hydrogens (tertiary/aromatic N) is 2. The van der Waals surface area contributed by atoms with Crippen LogP contribution in [0.3, 0.4) is 0 Å². The summed E-state index contributed by atoms with van der Waals surface area (Å²) >= 11 is 0. The number of aromatic nitrogens is 2. The van der Waals surface area contributed by atoms with Crippen molar-refractivity contribution in [3.8, 4) is 5.75 Å². The number of nitrogens with two attached hydrogens (primary N) is 1. The standard InChI is InChI=1S/C14H17N3O2/c1-3-5-12(15)14-16-13(17-19-14)9-10-6-4-7-11(8-10)18-2/h3-4,6-8,12H,1,5,9,15H2,2H3. The van der Waals surface area contributed by atoms with Crippen LogP contribution in [-0.2, 0) is 6.42 Å². The quantitative estimate of drug-likeness (QED) is 0.805. The minimum Gasteiger partial charge on any atom is -0.497 e. The summed E-state index contributed by atoms with van der Waals surface area (Å²) < 4.78 is 10.3. The van der Waals surface area contributed by atoms with E-state index in [1.165, 1.54) is 0 Å². The van der Waals surface area contributed by atoms with Gasteiger partial charge in [-0.1, -0.05) is 23.4 Å². The predicted molar refractivity (Wildman–Crippen MR) is 71.8 cm³/mol. The SMILES string of the molecule is C=CCC(N)c1nc(Cc2cccc(OC)c2)no1. The van der Waals surface area contributed by atoms with Crippen molar-refractivity contribution < 1.29 is 9.26 Å². The van der Waals surface area contributed by atoms with E-state index in [0.717, 1.165) is 11.3 Å². The highest BCUT2D eigenvalue weighted by molar-refractivity contribution is 5.30. The summed E-state index contributed by atoms with van der Waals surface area (Å²) in [6.07, 6.45) is 2.93.